The Morgan fingerprint density at radius 3 is 0.981 bits per heavy atom. The van der Waals surface area contributed by atoms with Crippen LogP contribution in [0.15, 0.2) is 122 Å². The molecule has 0 unspecified atom stereocenters. The Bertz CT molecular complexity index is 2070. The Labute approximate surface area is 301 Å². The maximum atomic E-state index is 10.1. The molecule has 0 saturated heterocycles. The summed E-state index contributed by atoms with van der Waals surface area (Å²) in [5.41, 5.74) is 8.76. The zero-order valence-corrected chi connectivity index (χ0v) is 29.7. The van der Waals surface area contributed by atoms with E-state index < -0.39 is 15.6 Å². The van der Waals surface area contributed by atoms with E-state index in [9.17, 15) is 60.9 Å². The first kappa shape index (κ1) is 42.8. The molecule has 0 fully saturated rings. The van der Waals surface area contributed by atoms with Gasteiger partial charge in [-0.15, -0.1) is 0 Å². The van der Waals surface area contributed by atoms with Crippen LogP contribution in [0, 0.1) is 22.7 Å². The van der Waals surface area contributed by atoms with E-state index in [4.69, 9.17) is 0 Å². The molecule has 0 amide bonds. The van der Waals surface area contributed by atoms with Gasteiger partial charge in [0.15, 0.2) is 24.8 Å². The Morgan fingerprint density at radius 1 is 0.481 bits per heavy atom. The van der Waals surface area contributed by atoms with E-state index in [-0.39, 0.29) is 0 Å². The van der Waals surface area contributed by atoms with Gasteiger partial charge in [0.2, 0.25) is 0 Å². The van der Waals surface area contributed by atoms with Crippen LogP contribution in [0.2, 0.25) is 0 Å². The first-order valence-corrected chi connectivity index (χ1v) is 19.1. The van der Waals surface area contributed by atoms with Gasteiger partial charge in [-0.1, -0.05) is 60.7 Å². The fourth-order valence-electron chi connectivity index (χ4n) is 4.64. The van der Waals surface area contributed by atoms with E-state index in [0.29, 0.717) is 11.1 Å². The molecule has 0 saturated carbocycles. The Hall–Kier alpha value is -5.56. The van der Waals surface area contributed by atoms with E-state index in [1.54, 1.807) is 0 Å². The molecule has 5 aromatic rings. The standard InChI is InChI=1S/C36H28N4.2F6P/c1-39-17-13-27(14-18-39)33(25-37)21-31-23-36(30-11-7-4-8-12-30)32(24-35(31)29-9-5-3-6-10-29)22-34(26-38)28-15-19-40(2)20-16-28;2*1-7(2,3,4,5)6/h3-24H,1-2H3;;/q+2;2*-1/b33-21+,34-22+;;. The van der Waals surface area contributed by atoms with Gasteiger partial charge >= 0.3 is 66.0 Å². The topological polar surface area (TPSA) is 55.3 Å². The molecule has 0 radical (unpaired) electrons. The zero-order chi connectivity index (χ0) is 40.7. The van der Waals surface area contributed by atoms with Gasteiger partial charge in [0.05, 0.1) is 23.3 Å². The number of nitriles is 2. The number of rotatable bonds is 6. The Morgan fingerprint density at radius 2 is 0.741 bits per heavy atom. The van der Waals surface area contributed by atoms with E-state index in [1.165, 1.54) is 0 Å². The first-order valence-electron chi connectivity index (χ1n) is 15.0. The molecule has 5 rings (SSSR count). The summed E-state index contributed by atoms with van der Waals surface area (Å²) in [5, 5.41) is 20.3. The Kier molecular flexibility index (Phi) is 11.4. The average molecular weight is 807 g/mol. The fraction of sp³-hybridized carbons (Fsp3) is 0.0556. The second-order valence-corrected chi connectivity index (χ2v) is 15.4. The molecule has 18 heteroatoms. The van der Waals surface area contributed by atoms with Crippen molar-refractivity contribution in [3.8, 4) is 34.4 Å². The molecule has 3 aromatic carbocycles. The predicted octanol–water partition coefficient (Wildman–Crippen LogP) is 13.6. The number of hydrogen-bond acceptors (Lipinski definition) is 2. The van der Waals surface area contributed by atoms with Crippen LogP contribution in [0.1, 0.15) is 22.3 Å². The first-order chi connectivity index (χ1) is 24.4. The molecule has 0 aliphatic rings. The van der Waals surface area contributed by atoms with Gasteiger partial charge in [0.1, 0.15) is 14.1 Å². The van der Waals surface area contributed by atoms with Crippen molar-refractivity contribution in [1.82, 2.24) is 0 Å². The Balaban J connectivity index is 0.000000476. The second-order valence-electron chi connectivity index (χ2n) is 11.5. The minimum absolute atomic E-state index is 0.579. The van der Waals surface area contributed by atoms with Crippen LogP contribution in [0.4, 0.5) is 50.4 Å². The van der Waals surface area contributed by atoms with Gasteiger partial charge in [-0.2, -0.15) is 10.5 Å². The molecule has 0 N–H and O–H groups in total. The van der Waals surface area contributed by atoms with E-state index in [0.717, 1.165) is 44.5 Å². The third kappa shape index (κ3) is 17.3. The van der Waals surface area contributed by atoms with Crippen LogP contribution in [-0.2, 0) is 14.1 Å². The number of hydrogen-bond donors (Lipinski definition) is 0. The normalized spacial score (nSPS) is 14.5. The van der Waals surface area contributed by atoms with Crippen molar-refractivity contribution in [2.24, 2.45) is 14.1 Å². The van der Waals surface area contributed by atoms with Crippen molar-refractivity contribution < 1.29 is 59.5 Å². The third-order valence-corrected chi connectivity index (χ3v) is 6.81. The van der Waals surface area contributed by atoms with Gasteiger partial charge in [0.25, 0.3) is 0 Å². The molecule has 54 heavy (non-hydrogen) atoms. The number of pyridine rings is 2. The molecule has 4 nitrogen and oxygen atoms in total. The summed E-state index contributed by atoms with van der Waals surface area (Å²) in [6.45, 7) is 0. The van der Waals surface area contributed by atoms with Crippen molar-refractivity contribution in [3.05, 3.63) is 144 Å². The van der Waals surface area contributed by atoms with Crippen molar-refractivity contribution in [3.63, 3.8) is 0 Å². The number of benzene rings is 3. The van der Waals surface area contributed by atoms with E-state index in [2.05, 4.69) is 48.5 Å². The van der Waals surface area contributed by atoms with E-state index >= 15 is 0 Å². The number of aryl methyl sites for hydroxylation is 2. The molecule has 286 valence electrons. The van der Waals surface area contributed by atoms with Crippen LogP contribution in [0.25, 0.3) is 45.6 Å². The molecular weight excluding hydrogens is 778 g/mol. The molecule has 0 aliphatic carbocycles. The monoisotopic (exact) mass is 806 g/mol. The quantitative estimate of drug-likeness (QED) is 0.0743. The molecular formula is C36H28F12N4P2. The number of allylic oxidation sites excluding steroid dienone is 2. The predicted molar refractivity (Wildman–Crippen MR) is 187 cm³/mol. The van der Waals surface area contributed by atoms with Crippen LogP contribution in [0.5, 0.6) is 0 Å². The van der Waals surface area contributed by atoms with Crippen LogP contribution in [-0.4, -0.2) is 0 Å². The van der Waals surface area contributed by atoms with Crippen molar-refractivity contribution in [2.75, 3.05) is 0 Å². The zero-order valence-electron chi connectivity index (χ0n) is 27.9. The van der Waals surface area contributed by atoms with Crippen LogP contribution in [0.3, 0.4) is 0 Å². The number of halogens is 12. The minimum atomic E-state index is -10.7. The summed E-state index contributed by atoms with van der Waals surface area (Å²) in [5.74, 6) is 0. The van der Waals surface area contributed by atoms with Crippen LogP contribution >= 0.6 is 15.6 Å². The summed E-state index contributed by atoms with van der Waals surface area (Å²) in [4.78, 5) is 0. The molecule has 0 spiro atoms. The van der Waals surface area contributed by atoms with Gasteiger partial charge in [-0.3, -0.25) is 0 Å². The average Bonchev–Trinajstić information content (AvgIpc) is 3.05. The molecule has 0 bridgehead atoms. The van der Waals surface area contributed by atoms with Crippen molar-refractivity contribution in [2.45, 2.75) is 0 Å². The van der Waals surface area contributed by atoms with Crippen LogP contribution < -0.4 is 9.13 Å². The van der Waals surface area contributed by atoms with Gasteiger partial charge in [-0.05, 0) is 57.7 Å². The van der Waals surface area contributed by atoms with Gasteiger partial charge < -0.3 is 0 Å². The summed E-state index contributed by atoms with van der Waals surface area (Å²) in [6.07, 6.45) is 11.7. The third-order valence-electron chi connectivity index (χ3n) is 6.81. The van der Waals surface area contributed by atoms with E-state index in [1.807, 2.05) is 121 Å². The second kappa shape index (κ2) is 14.3. The summed E-state index contributed by atoms with van der Waals surface area (Å²) >= 11 is 0. The summed E-state index contributed by atoms with van der Waals surface area (Å²) in [6, 6.07) is 37.2. The van der Waals surface area contributed by atoms with Crippen molar-refractivity contribution >= 4 is 38.9 Å². The number of nitrogens with zero attached hydrogens (tertiary/aromatic N) is 4. The maximum absolute atomic E-state index is 10.7. The summed E-state index contributed by atoms with van der Waals surface area (Å²) in [7, 11) is -17.4. The SMILES string of the molecule is C[n+]1ccc(/C(C#N)=C/c2cc(-c3ccccc3)c(/C=C(\C#N)c3cc[n+](C)cc3)cc2-c2ccccc2)cc1.F[P-](F)(F)(F)(F)F.F[P-](F)(F)(F)(F)F. The molecule has 0 atom stereocenters. The number of aromatic nitrogens is 2. The molecule has 2 aromatic heterocycles. The molecule has 2 heterocycles. The fourth-order valence-corrected chi connectivity index (χ4v) is 4.64. The summed E-state index contributed by atoms with van der Waals surface area (Å²) < 4.78 is 122. The van der Waals surface area contributed by atoms with Gasteiger partial charge in [-0.25, -0.2) is 9.13 Å². The molecule has 0 aliphatic heterocycles. The van der Waals surface area contributed by atoms with Crippen molar-refractivity contribution in [1.29, 1.82) is 10.5 Å². The van der Waals surface area contributed by atoms with Gasteiger partial charge in [0, 0.05) is 35.4 Å².